The van der Waals surface area contributed by atoms with E-state index in [1.165, 1.54) is 38.5 Å². The van der Waals surface area contributed by atoms with Gasteiger partial charge in [0.1, 0.15) is 0 Å². The summed E-state index contributed by atoms with van der Waals surface area (Å²) in [6.07, 6.45) is 8.09. The molecular formula is C12H24N2O2. The molecular weight excluding hydrogens is 204 g/mol. The molecule has 4 heteroatoms. The van der Waals surface area contributed by atoms with Gasteiger partial charge < -0.3 is 9.47 Å². The van der Waals surface area contributed by atoms with Crippen molar-refractivity contribution in [1.82, 2.24) is 5.43 Å². The molecule has 0 radical (unpaired) electrons. The Bertz CT molecular complexity index is 187. The van der Waals surface area contributed by atoms with Crippen molar-refractivity contribution in [2.75, 3.05) is 19.8 Å². The van der Waals surface area contributed by atoms with E-state index in [1.807, 2.05) is 0 Å². The summed E-state index contributed by atoms with van der Waals surface area (Å²) >= 11 is 0. The number of nitrogens with one attached hydrogen (secondary N) is 1. The lowest BCUT2D eigenvalue weighted by Crippen LogP contribution is -2.53. The van der Waals surface area contributed by atoms with Crippen LogP contribution in [0.5, 0.6) is 0 Å². The Morgan fingerprint density at radius 3 is 2.38 bits per heavy atom. The van der Waals surface area contributed by atoms with Gasteiger partial charge in [0.2, 0.25) is 0 Å². The third-order valence-corrected chi connectivity index (χ3v) is 3.84. The van der Waals surface area contributed by atoms with Crippen molar-refractivity contribution in [1.29, 1.82) is 0 Å². The van der Waals surface area contributed by atoms with Gasteiger partial charge in [0.25, 0.3) is 0 Å². The van der Waals surface area contributed by atoms with Gasteiger partial charge in [0.15, 0.2) is 0 Å². The van der Waals surface area contributed by atoms with Gasteiger partial charge in [-0.05, 0) is 18.8 Å². The molecule has 0 spiro atoms. The van der Waals surface area contributed by atoms with E-state index in [0.717, 1.165) is 6.61 Å². The van der Waals surface area contributed by atoms with Crippen LogP contribution >= 0.6 is 0 Å². The molecule has 1 saturated carbocycles. The zero-order chi connectivity index (χ0) is 11.2. The predicted octanol–water partition coefficient (Wildman–Crippen LogP) is 1.20. The highest BCUT2D eigenvalue weighted by Gasteiger charge is 2.31. The quantitative estimate of drug-likeness (QED) is 0.433. The van der Waals surface area contributed by atoms with Gasteiger partial charge in [-0.3, -0.25) is 11.3 Å². The van der Waals surface area contributed by atoms with Crippen molar-refractivity contribution in [2.45, 2.75) is 50.7 Å². The fourth-order valence-corrected chi connectivity index (χ4v) is 2.93. The molecule has 3 N–H and O–H groups in total. The fourth-order valence-electron chi connectivity index (χ4n) is 2.93. The smallest absolute Gasteiger partial charge is 0.0978 e. The van der Waals surface area contributed by atoms with Crippen LogP contribution in [0.1, 0.15) is 38.5 Å². The number of rotatable bonds is 3. The molecule has 16 heavy (non-hydrogen) atoms. The van der Waals surface area contributed by atoms with Crippen LogP contribution in [0.2, 0.25) is 0 Å². The molecule has 0 amide bonds. The second-order valence-corrected chi connectivity index (χ2v) is 4.93. The van der Waals surface area contributed by atoms with E-state index in [0.29, 0.717) is 19.1 Å². The zero-order valence-corrected chi connectivity index (χ0v) is 9.99. The second kappa shape index (κ2) is 6.55. The lowest BCUT2D eigenvalue weighted by molar-refractivity contribution is -0.109. The van der Waals surface area contributed by atoms with Crippen LogP contribution in [-0.2, 0) is 9.47 Å². The summed E-state index contributed by atoms with van der Waals surface area (Å²) in [5, 5.41) is 0. The molecule has 0 aromatic heterocycles. The monoisotopic (exact) mass is 228 g/mol. The SMILES string of the molecule is NNC(C1CCCCCC1)C1COCCO1. The Morgan fingerprint density at radius 2 is 1.81 bits per heavy atom. The van der Waals surface area contributed by atoms with Crippen molar-refractivity contribution in [3.8, 4) is 0 Å². The van der Waals surface area contributed by atoms with Crippen LogP contribution in [-0.4, -0.2) is 32.0 Å². The average molecular weight is 228 g/mol. The van der Waals surface area contributed by atoms with Gasteiger partial charge in [-0.15, -0.1) is 0 Å². The highest BCUT2D eigenvalue weighted by Crippen LogP contribution is 2.28. The second-order valence-electron chi connectivity index (χ2n) is 4.93. The molecule has 2 atom stereocenters. The molecule has 0 bridgehead atoms. The Labute approximate surface area is 97.8 Å². The first-order valence-electron chi connectivity index (χ1n) is 6.57. The summed E-state index contributed by atoms with van der Waals surface area (Å²) in [6, 6.07) is 0.262. The summed E-state index contributed by atoms with van der Waals surface area (Å²) in [7, 11) is 0. The van der Waals surface area contributed by atoms with Crippen molar-refractivity contribution in [3.63, 3.8) is 0 Å². The lowest BCUT2D eigenvalue weighted by Gasteiger charge is -2.34. The molecule has 4 nitrogen and oxygen atoms in total. The predicted molar refractivity (Wildman–Crippen MR) is 62.9 cm³/mol. The van der Waals surface area contributed by atoms with E-state index < -0.39 is 0 Å². The number of ether oxygens (including phenoxy) is 2. The maximum absolute atomic E-state index is 5.76. The topological polar surface area (TPSA) is 56.5 Å². The van der Waals surface area contributed by atoms with E-state index in [4.69, 9.17) is 15.3 Å². The Morgan fingerprint density at radius 1 is 1.06 bits per heavy atom. The molecule has 1 heterocycles. The van der Waals surface area contributed by atoms with Gasteiger partial charge in [-0.1, -0.05) is 25.7 Å². The van der Waals surface area contributed by atoms with E-state index in [9.17, 15) is 0 Å². The van der Waals surface area contributed by atoms with Gasteiger partial charge in [-0.2, -0.15) is 0 Å². The summed E-state index contributed by atoms with van der Waals surface area (Å²) < 4.78 is 11.2. The Balaban J connectivity index is 1.90. The summed E-state index contributed by atoms with van der Waals surface area (Å²) in [5.41, 5.74) is 2.96. The summed E-state index contributed by atoms with van der Waals surface area (Å²) in [4.78, 5) is 0. The molecule has 2 rings (SSSR count). The molecule has 1 saturated heterocycles. The maximum atomic E-state index is 5.76. The van der Waals surface area contributed by atoms with Crippen LogP contribution in [0.3, 0.4) is 0 Å². The first kappa shape index (κ1) is 12.3. The minimum atomic E-state index is 0.141. The van der Waals surface area contributed by atoms with E-state index in [-0.39, 0.29) is 12.1 Å². The van der Waals surface area contributed by atoms with Gasteiger partial charge in [-0.25, -0.2) is 0 Å². The van der Waals surface area contributed by atoms with Crippen molar-refractivity contribution < 1.29 is 9.47 Å². The standard InChI is InChI=1S/C12H24N2O2/c13-14-12(11-9-15-7-8-16-11)10-5-3-1-2-4-6-10/h10-12,14H,1-9,13H2. The van der Waals surface area contributed by atoms with Gasteiger partial charge in [0.05, 0.1) is 32.0 Å². The molecule has 0 aromatic rings. The van der Waals surface area contributed by atoms with Gasteiger partial charge in [0, 0.05) is 0 Å². The number of nitrogens with two attached hydrogens (primary N) is 1. The van der Waals surface area contributed by atoms with Crippen molar-refractivity contribution >= 4 is 0 Å². The van der Waals surface area contributed by atoms with E-state index >= 15 is 0 Å². The Hall–Kier alpha value is -0.160. The van der Waals surface area contributed by atoms with Crippen molar-refractivity contribution in [2.24, 2.45) is 11.8 Å². The Kier molecular flexibility index (Phi) is 5.03. The first-order valence-corrected chi connectivity index (χ1v) is 6.57. The minimum Gasteiger partial charge on any atom is -0.376 e. The largest absolute Gasteiger partial charge is 0.376 e. The van der Waals surface area contributed by atoms with Crippen LogP contribution in [0.25, 0.3) is 0 Å². The van der Waals surface area contributed by atoms with Crippen molar-refractivity contribution in [3.05, 3.63) is 0 Å². The van der Waals surface area contributed by atoms with Gasteiger partial charge >= 0.3 is 0 Å². The molecule has 1 aliphatic carbocycles. The molecule has 2 fully saturated rings. The lowest BCUT2D eigenvalue weighted by atomic mass is 9.88. The molecule has 0 aromatic carbocycles. The van der Waals surface area contributed by atoms with E-state index in [2.05, 4.69) is 5.43 Å². The first-order chi connectivity index (χ1) is 7.92. The third-order valence-electron chi connectivity index (χ3n) is 3.84. The maximum Gasteiger partial charge on any atom is 0.0978 e. The molecule has 2 aliphatic rings. The van der Waals surface area contributed by atoms with Crippen LogP contribution < -0.4 is 11.3 Å². The highest BCUT2D eigenvalue weighted by molar-refractivity contribution is 4.84. The average Bonchev–Trinajstić information content (AvgIpc) is 2.61. The molecule has 94 valence electrons. The summed E-state index contributed by atoms with van der Waals surface area (Å²) in [5.74, 6) is 6.35. The molecule has 2 unspecified atom stereocenters. The third kappa shape index (κ3) is 3.17. The van der Waals surface area contributed by atoms with Crippen LogP contribution in [0, 0.1) is 5.92 Å². The van der Waals surface area contributed by atoms with Crippen LogP contribution in [0.15, 0.2) is 0 Å². The molecule has 1 aliphatic heterocycles. The minimum absolute atomic E-state index is 0.141. The van der Waals surface area contributed by atoms with Crippen LogP contribution in [0.4, 0.5) is 0 Å². The normalized spacial score (nSPS) is 30.9. The highest BCUT2D eigenvalue weighted by atomic mass is 16.6. The number of hydrogen-bond donors (Lipinski definition) is 2. The fraction of sp³-hybridized carbons (Fsp3) is 1.00. The summed E-state index contributed by atoms with van der Waals surface area (Å²) in [6.45, 7) is 2.11. The number of hydrazine groups is 1. The van der Waals surface area contributed by atoms with E-state index in [1.54, 1.807) is 0 Å². The zero-order valence-electron chi connectivity index (χ0n) is 9.99. The number of hydrogen-bond acceptors (Lipinski definition) is 4.